The van der Waals surface area contributed by atoms with Gasteiger partial charge in [0.25, 0.3) is 5.91 Å². The minimum Gasteiger partial charge on any atom is -0.497 e. The molecule has 3 aromatic rings. The van der Waals surface area contributed by atoms with Crippen molar-refractivity contribution in [3.63, 3.8) is 0 Å². The highest BCUT2D eigenvalue weighted by molar-refractivity contribution is 7.87. The highest BCUT2D eigenvalue weighted by Crippen LogP contribution is 2.41. The molecular formula is C21H17NO7S. The number of rotatable bonds is 5. The van der Waals surface area contributed by atoms with E-state index in [1.165, 1.54) is 29.9 Å². The number of methoxy groups -OCH3 is 2. The van der Waals surface area contributed by atoms with Crippen LogP contribution < -0.4 is 8.92 Å². The molecule has 0 bridgehead atoms. The van der Waals surface area contributed by atoms with E-state index in [0.717, 1.165) is 12.7 Å². The number of carbonyl (C=O) groups excluding carboxylic acids is 2. The van der Waals surface area contributed by atoms with Crippen LogP contribution >= 0.6 is 0 Å². The van der Waals surface area contributed by atoms with Gasteiger partial charge >= 0.3 is 16.1 Å². The van der Waals surface area contributed by atoms with Crippen LogP contribution in [0.25, 0.3) is 17.0 Å². The summed E-state index contributed by atoms with van der Waals surface area (Å²) in [5.41, 5.74) is 1.19. The molecule has 1 aromatic heterocycles. The SMILES string of the molecule is COC(=O)C1=Cc2c(OS(=O)(=O)c3ccc(C)cc3)c3cc(OC)ccc3n2C1=O. The summed E-state index contributed by atoms with van der Waals surface area (Å²) < 4.78 is 42.4. The monoisotopic (exact) mass is 427 g/mol. The Labute approximate surface area is 172 Å². The fraction of sp³-hybridized carbons (Fsp3) is 0.143. The third kappa shape index (κ3) is 3.03. The van der Waals surface area contributed by atoms with Gasteiger partial charge in [-0.05, 0) is 43.3 Å². The van der Waals surface area contributed by atoms with E-state index in [0.29, 0.717) is 16.7 Å². The Balaban J connectivity index is 1.93. The lowest BCUT2D eigenvalue weighted by atomic mass is 10.2. The van der Waals surface area contributed by atoms with E-state index in [-0.39, 0.29) is 21.9 Å². The predicted molar refractivity (Wildman–Crippen MR) is 108 cm³/mol. The van der Waals surface area contributed by atoms with Gasteiger partial charge in [-0.3, -0.25) is 9.36 Å². The van der Waals surface area contributed by atoms with Gasteiger partial charge in [0.15, 0.2) is 5.75 Å². The van der Waals surface area contributed by atoms with Gasteiger partial charge in [0, 0.05) is 5.39 Å². The predicted octanol–water partition coefficient (Wildman–Crippen LogP) is 2.94. The van der Waals surface area contributed by atoms with Crippen LogP contribution in [0, 0.1) is 6.92 Å². The van der Waals surface area contributed by atoms with E-state index < -0.39 is 22.0 Å². The molecule has 9 heteroatoms. The van der Waals surface area contributed by atoms with Gasteiger partial charge in [0.1, 0.15) is 16.2 Å². The smallest absolute Gasteiger partial charge is 0.343 e. The van der Waals surface area contributed by atoms with Crippen LogP contribution in [-0.2, 0) is 19.6 Å². The Bertz CT molecular complexity index is 1330. The average Bonchev–Trinajstić information content (AvgIpc) is 3.22. The first kappa shape index (κ1) is 19.7. The highest BCUT2D eigenvalue weighted by atomic mass is 32.2. The molecule has 0 radical (unpaired) electrons. The van der Waals surface area contributed by atoms with Crippen molar-refractivity contribution in [3.8, 4) is 11.5 Å². The maximum absolute atomic E-state index is 12.9. The van der Waals surface area contributed by atoms with Gasteiger partial charge in [-0.2, -0.15) is 8.42 Å². The van der Waals surface area contributed by atoms with Crippen molar-refractivity contribution in [3.05, 3.63) is 59.3 Å². The molecule has 1 aliphatic heterocycles. The molecule has 8 nitrogen and oxygen atoms in total. The summed E-state index contributed by atoms with van der Waals surface area (Å²) in [5.74, 6) is -1.07. The van der Waals surface area contributed by atoms with E-state index >= 15 is 0 Å². The topological polar surface area (TPSA) is 101 Å². The molecule has 0 saturated heterocycles. The second kappa shape index (κ2) is 7.03. The van der Waals surface area contributed by atoms with Crippen LogP contribution in [0.4, 0.5) is 0 Å². The maximum Gasteiger partial charge on any atom is 0.343 e. The summed E-state index contributed by atoms with van der Waals surface area (Å²) in [4.78, 5) is 24.7. The largest absolute Gasteiger partial charge is 0.497 e. The number of carbonyl (C=O) groups is 2. The first-order valence-corrected chi connectivity index (χ1v) is 10.3. The van der Waals surface area contributed by atoms with Crippen molar-refractivity contribution >= 4 is 39.0 Å². The molecule has 0 amide bonds. The quantitative estimate of drug-likeness (QED) is 0.351. The van der Waals surface area contributed by atoms with Crippen LogP contribution in [0.3, 0.4) is 0 Å². The summed E-state index contributed by atoms with van der Waals surface area (Å²) >= 11 is 0. The number of hydrogen-bond acceptors (Lipinski definition) is 7. The van der Waals surface area contributed by atoms with Gasteiger partial charge in [0.05, 0.1) is 25.4 Å². The lowest BCUT2D eigenvalue weighted by Crippen LogP contribution is -2.16. The molecule has 30 heavy (non-hydrogen) atoms. The Morgan fingerprint density at radius 2 is 1.73 bits per heavy atom. The molecule has 0 fully saturated rings. The number of fused-ring (bicyclic) bond motifs is 3. The Kier molecular flexibility index (Phi) is 4.62. The number of aromatic nitrogens is 1. The molecule has 0 saturated carbocycles. The van der Waals surface area contributed by atoms with Gasteiger partial charge in [-0.15, -0.1) is 0 Å². The third-order valence-corrected chi connectivity index (χ3v) is 6.02. The fourth-order valence-corrected chi connectivity index (χ4v) is 4.22. The van der Waals surface area contributed by atoms with E-state index in [2.05, 4.69) is 4.74 Å². The van der Waals surface area contributed by atoms with Crippen molar-refractivity contribution in [2.45, 2.75) is 11.8 Å². The summed E-state index contributed by atoms with van der Waals surface area (Å²) in [6, 6.07) is 11.0. The van der Waals surface area contributed by atoms with Crippen LogP contribution in [0.5, 0.6) is 11.5 Å². The molecule has 1 aliphatic rings. The van der Waals surface area contributed by atoms with Gasteiger partial charge in [-0.25, -0.2) is 4.79 Å². The number of ether oxygens (including phenoxy) is 2. The Morgan fingerprint density at radius 3 is 2.37 bits per heavy atom. The molecule has 0 atom stereocenters. The van der Waals surface area contributed by atoms with Crippen molar-refractivity contribution in [1.82, 2.24) is 4.57 Å². The standard InChI is InChI=1S/C21H17NO7S/c1-12-4-7-14(8-5-12)30(25,26)29-19-15-10-13(27-2)6-9-17(15)22-18(19)11-16(20(22)23)21(24)28-3/h4-11H,1-3H3. The lowest BCUT2D eigenvalue weighted by Gasteiger charge is -2.08. The number of nitrogens with zero attached hydrogens (tertiary/aromatic N) is 1. The molecular weight excluding hydrogens is 410 g/mol. The molecule has 2 heterocycles. The Hall–Kier alpha value is -3.59. The first-order valence-electron chi connectivity index (χ1n) is 8.85. The number of aryl methyl sites for hydroxylation is 1. The van der Waals surface area contributed by atoms with Crippen LogP contribution in [0.1, 0.15) is 16.1 Å². The van der Waals surface area contributed by atoms with Crippen molar-refractivity contribution in [2.24, 2.45) is 0 Å². The van der Waals surface area contributed by atoms with Gasteiger partial charge < -0.3 is 13.7 Å². The number of benzene rings is 2. The van der Waals surface area contributed by atoms with Crippen LogP contribution in [0.15, 0.2) is 52.9 Å². The van der Waals surface area contributed by atoms with Crippen LogP contribution in [-0.4, -0.2) is 39.1 Å². The number of hydrogen-bond donors (Lipinski definition) is 0. The van der Waals surface area contributed by atoms with Gasteiger partial charge in [-0.1, -0.05) is 17.7 Å². The molecule has 0 spiro atoms. The minimum atomic E-state index is -4.20. The first-order chi connectivity index (χ1) is 14.3. The summed E-state index contributed by atoms with van der Waals surface area (Å²) in [5, 5.41) is 0.355. The van der Waals surface area contributed by atoms with E-state index in [9.17, 15) is 18.0 Å². The molecule has 154 valence electrons. The normalized spacial score (nSPS) is 13.2. The lowest BCUT2D eigenvalue weighted by molar-refractivity contribution is -0.135. The zero-order chi connectivity index (χ0) is 21.6. The summed E-state index contributed by atoms with van der Waals surface area (Å²) in [6.45, 7) is 1.84. The van der Waals surface area contributed by atoms with Crippen molar-refractivity contribution in [2.75, 3.05) is 14.2 Å². The summed E-state index contributed by atoms with van der Waals surface area (Å²) in [6.07, 6.45) is 1.26. The minimum absolute atomic E-state index is 0.0365. The second-order valence-electron chi connectivity index (χ2n) is 6.64. The summed E-state index contributed by atoms with van der Waals surface area (Å²) in [7, 11) is -1.58. The highest BCUT2D eigenvalue weighted by Gasteiger charge is 2.35. The molecule has 0 unspecified atom stereocenters. The van der Waals surface area contributed by atoms with E-state index in [1.54, 1.807) is 30.3 Å². The van der Waals surface area contributed by atoms with Crippen LogP contribution in [0.2, 0.25) is 0 Å². The second-order valence-corrected chi connectivity index (χ2v) is 8.18. The molecule has 4 rings (SSSR count). The average molecular weight is 427 g/mol. The zero-order valence-corrected chi connectivity index (χ0v) is 17.1. The molecule has 0 N–H and O–H groups in total. The number of esters is 1. The van der Waals surface area contributed by atoms with Crippen molar-refractivity contribution < 1.29 is 31.7 Å². The Morgan fingerprint density at radius 1 is 1.03 bits per heavy atom. The van der Waals surface area contributed by atoms with Crippen molar-refractivity contribution in [1.29, 1.82) is 0 Å². The van der Waals surface area contributed by atoms with E-state index in [4.69, 9.17) is 8.92 Å². The van der Waals surface area contributed by atoms with E-state index in [1.807, 2.05) is 6.92 Å². The molecule has 2 aromatic carbocycles. The fourth-order valence-electron chi connectivity index (χ4n) is 3.26. The molecule has 0 aliphatic carbocycles. The van der Waals surface area contributed by atoms with Gasteiger partial charge in [0.2, 0.25) is 0 Å². The maximum atomic E-state index is 12.9. The zero-order valence-electron chi connectivity index (χ0n) is 16.3. The third-order valence-electron chi connectivity index (χ3n) is 4.79.